The van der Waals surface area contributed by atoms with Crippen LogP contribution in [-0.4, -0.2) is 15.7 Å². The first kappa shape index (κ1) is 18.0. The highest BCUT2D eigenvalue weighted by Crippen LogP contribution is 2.35. The molecule has 30 heavy (non-hydrogen) atoms. The van der Waals surface area contributed by atoms with Crippen molar-refractivity contribution in [2.45, 2.75) is 13.1 Å². The average Bonchev–Trinajstić information content (AvgIpc) is 3.21. The molecule has 0 spiro atoms. The highest BCUT2D eigenvalue weighted by molar-refractivity contribution is 6.03. The van der Waals surface area contributed by atoms with Gasteiger partial charge in [0.2, 0.25) is 0 Å². The van der Waals surface area contributed by atoms with E-state index in [0.717, 1.165) is 22.8 Å². The van der Waals surface area contributed by atoms with Gasteiger partial charge in [0, 0.05) is 18.1 Å². The summed E-state index contributed by atoms with van der Waals surface area (Å²) in [7, 11) is 0. The first-order chi connectivity index (χ1) is 14.8. The van der Waals surface area contributed by atoms with Gasteiger partial charge >= 0.3 is 6.03 Å². The Morgan fingerprint density at radius 2 is 1.67 bits per heavy atom. The molecular formula is C24H21N5O. The van der Waals surface area contributed by atoms with Gasteiger partial charge in [-0.25, -0.2) is 4.79 Å². The smallest absolute Gasteiger partial charge is 0.308 e. The van der Waals surface area contributed by atoms with Gasteiger partial charge in [-0.05, 0) is 35.9 Å². The monoisotopic (exact) mass is 395 g/mol. The molecule has 6 heteroatoms. The number of pyridine rings is 1. The molecule has 0 unspecified atom stereocenters. The Morgan fingerprint density at radius 1 is 0.900 bits per heavy atom. The summed E-state index contributed by atoms with van der Waals surface area (Å²) in [6.45, 7) is 1.11. The number of carbonyl (C=O) groups is 1. The van der Waals surface area contributed by atoms with E-state index in [1.54, 1.807) is 17.3 Å². The summed E-state index contributed by atoms with van der Waals surface area (Å²) in [5.74, 6) is 0. The van der Waals surface area contributed by atoms with E-state index in [1.165, 1.54) is 5.56 Å². The number of anilines is 3. The molecule has 5 rings (SSSR count). The third kappa shape index (κ3) is 3.39. The summed E-state index contributed by atoms with van der Waals surface area (Å²) in [5.41, 5.74) is 4.65. The van der Waals surface area contributed by atoms with E-state index < -0.39 is 0 Å². The highest BCUT2D eigenvalue weighted by atomic mass is 16.2. The zero-order valence-electron chi connectivity index (χ0n) is 16.3. The van der Waals surface area contributed by atoms with Crippen LogP contribution in [0, 0.1) is 0 Å². The molecule has 0 bridgehead atoms. The van der Waals surface area contributed by atoms with Crippen LogP contribution in [-0.2, 0) is 13.1 Å². The second kappa shape index (κ2) is 7.75. The summed E-state index contributed by atoms with van der Waals surface area (Å²) < 4.78 is 2.11. The zero-order chi connectivity index (χ0) is 20.3. The number of hydrogen-bond donors (Lipinski definition) is 1. The van der Waals surface area contributed by atoms with E-state index in [4.69, 9.17) is 0 Å². The minimum Gasteiger partial charge on any atom is -0.308 e. The van der Waals surface area contributed by atoms with Crippen LogP contribution in [0.15, 0.2) is 97.5 Å². The molecule has 6 nitrogen and oxygen atoms in total. The summed E-state index contributed by atoms with van der Waals surface area (Å²) in [5, 5.41) is 5.18. The van der Waals surface area contributed by atoms with Crippen molar-refractivity contribution in [2.75, 3.05) is 15.2 Å². The fourth-order valence-electron chi connectivity index (χ4n) is 3.75. The van der Waals surface area contributed by atoms with E-state index in [1.807, 2.05) is 72.9 Å². The van der Waals surface area contributed by atoms with Gasteiger partial charge in [0.15, 0.2) is 0 Å². The molecule has 2 aromatic heterocycles. The predicted octanol–water partition coefficient (Wildman–Crippen LogP) is 4.91. The van der Waals surface area contributed by atoms with Crippen LogP contribution >= 0.6 is 0 Å². The molecule has 4 aromatic rings. The Bertz CT molecular complexity index is 1160. The number of fused-ring (bicyclic) bond motifs is 2. The molecule has 1 N–H and O–H groups in total. The lowest BCUT2D eigenvalue weighted by Gasteiger charge is -2.28. The maximum atomic E-state index is 13.2. The first-order valence-corrected chi connectivity index (χ1v) is 9.85. The number of nitrogens with one attached hydrogen (secondary N) is 1. The standard InChI is InChI=1S/C24H21N5O/c30-24(26-20-10-5-2-6-11-20)27-18-21-12-7-15-28(21)29(17-19-8-3-1-4-9-19)22-13-14-25-16-23(22)27/h1-16H,17-18H2,(H,26,30). The summed E-state index contributed by atoms with van der Waals surface area (Å²) >= 11 is 0. The molecule has 0 saturated carbocycles. The first-order valence-electron chi connectivity index (χ1n) is 9.85. The number of benzene rings is 2. The van der Waals surface area contributed by atoms with Crippen LogP contribution < -0.4 is 15.2 Å². The largest absolute Gasteiger partial charge is 0.326 e. The van der Waals surface area contributed by atoms with Crippen LogP contribution in [0.3, 0.4) is 0 Å². The van der Waals surface area contributed by atoms with Crippen molar-refractivity contribution in [2.24, 2.45) is 0 Å². The molecule has 1 aliphatic rings. The molecule has 1 aliphatic heterocycles. The quantitative estimate of drug-likeness (QED) is 0.537. The van der Waals surface area contributed by atoms with E-state index in [-0.39, 0.29) is 6.03 Å². The Balaban J connectivity index is 1.56. The number of aromatic nitrogens is 2. The third-order valence-electron chi connectivity index (χ3n) is 5.18. The van der Waals surface area contributed by atoms with Crippen LogP contribution in [0.5, 0.6) is 0 Å². The zero-order valence-corrected chi connectivity index (χ0v) is 16.3. The van der Waals surface area contributed by atoms with E-state index in [2.05, 4.69) is 32.1 Å². The van der Waals surface area contributed by atoms with Crippen LogP contribution in [0.1, 0.15) is 11.3 Å². The molecule has 3 heterocycles. The normalized spacial score (nSPS) is 12.7. The Labute approximate surface area is 175 Å². The second-order valence-electron chi connectivity index (χ2n) is 7.13. The van der Waals surface area contributed by atoms with E-state index >= 15 is 0 Å². The molecule has 2 amide bonds. The summed E-state index contributed by atoms with van der Waals surface area (Å²) in [6, 6.07) is 25.6. The predicted molar refractivity (Wildman–Crippen MR) is 118 cm³/mol. The Kier molecular flexibility index (Phi) is 4.65. The lowest BCUT2D eigenvalue weighted by atomic mass is 10.2. The minimum absolute atomic E-state index is 0.190. The molecule has 0 radical (unpaired) electrons. The maximum absolute atomic E-state index is 13.2. The lowest BCUT2D eigenvalue weighted by Crippen LogP contribution is -2.34. The SMILES string of the molecule is O=C(Nc1ccccc1)N1Cc2cccn2N(Cc2ccccc2)c2ccncc21. The van der Waals surface area contributed by atoms with Crippen molar-refractivity contribution >= 4 is 23.1 Å². The molecule has 0 aliphatic carbocycles. The summed E-state index contributed by atoms with van der Waals surface area (Å²) in [6.07, 6.45) is 5.55. The Morgan fingerprint density at radius 3 is 2.47 bits per heavy atom. The molecule has 2 aromatic carbocycles. The van der Waals surface area contributed by atoms with Gasteiger partial charge in [0.25, 0.3) is 0 Å². The fourth-order valence-corrected chi connectivity index (χ4v) is 3.75. The number of nitrogens with zero attached hydrogens (tertiary/aromatic N) is 4. The lowest BCUT2D eigenvalue weighted by molar-refractivity contribution is 0.256. The van der Waals surface area contributed by atoms with E-state index in [9.17, 15) is 4.79 Å². The van der Waals surface area contributed by atoms with Crippen molar-refractivity contribution in [1.29, 1.82) is 0 Å². The van der Waals surface area contributed by atoms with Crippen LogP contribution in [0.25, 0.3) is 0 Å². The van der Waals surface area contributed by atoms with Crippen molar-refractivity contribution in [3.05, 3.63) is 109 Å². The molecule has 0 fully saturated rings. The van der Waals surface area contributed by atoms with Gasteiger partial charge < -0.3 is 5.32 Å². The average molecular weight is 395 g/mol. The molecular weight excluding hydrogens is 374 g/mol. The third-order valence-corrected chi connectivity index (χ3v) is 5.18. The van der Waals surface area contributed by atoms with Crippen molar-refractivity contribution in [3.63, 3.8) is 0 Å². The van der Waals surface area contributed by atoms with Crippen LogP contribution in [0.2, 0.25) is 0 Å². The fraction of sp³-hybridized carbons (Fsp3) is 0.0833. The van der Waals surface area contributed by atoms with Gasteiger partial charge in [-0.3, -0.25) is 19.6 Å². The van der Waals surface area contributed by atoms with Gasteiger partial charge in [-0.15, -0.1) is 0 Å². The summed E-state index contributed by atoms with van der Waals surface area (Å²) in [4.78, 5) is 19.3. The number of rotatable bonds is 3. The molecule has 0 atom stereocenters. The van der Waals surface area contributed by atoms with Crippen molar-refractivity contribution in [3.8, 4) is 0 Å². The van der Waals surface area contributed by atoms with Gasteiger partial charge in [0.1, 0.15) is 0 Å². The van der Waals surface area contributed by atoms with Gasteiger partial charge in [-0.1, -0.05) is 48.5 Å². The Hall–Kier alpha value is -4.06. The maximum Gasteiger partial charge on any atom is 0.326 e. The van der Waals surface area contributed by atoms with Crippen molar-refractivity contribution in [1.82, 2.24) is 9.66 Å². The number of urea groups is 1. The minimum atomic E-state index is -0.190. The number of hydrogen-bond acceptors (Lipinski definition) is 3. The second-order valence-corrected chi connectivity index (χ2v) is 7.13. The highest BCUT2D eigenvalue weighted by Gasteiger charge is 2.28. The molecule has 0 saturated heterocycles. The van der Waals surface area contributed by atoms with Gasteiger partial charge in [0.05, 0.1) is 36.4 Å². The molecule has 148 valence electrons. The topological polar surface area (TPSA) is 53.4 Å². The van der Waals surface area contributed by atoms with Crippen molar-refractivity contribution < 1.29 is 4.79 Å². The number of para-hydroxylation sites is 1. The number of amides is 2. The number of carbonyl (C=O) groups excluding carboxylic acids is 1. The van der Waals surface area contributed by atoms with Gasteiger partial charge in [-0.2, -0.15) is 0 Å². The van der Waals surface area contributed by atoms with E-state index in [0.29, 0.717) is 13.1 Å². The van der Waals surface area contributed by atoms with Crippen LogP contribution in [0.4, 0.5) is 21.9 Å².